The van der Waals surface area contributed by atoms with Gasteiger partial charge in [0.1, 0.15) is 6.04 Å². The minimum atomic E-state index is -0.916. The average Bonchev–Trinajstić information content (AvgIpc) is 3.48. The van der Waals surface area contributed by atoms with Crippen LogP contribution in [0.4, 0.5) is 0 Å². The van der Waals surface area contributed by atoms with E-state index in [2.05, 4.69) is 12.0 Å². The molecular formula is C22H29NO4. The molecule has 5 nitrogen and oxygen atoms in total. The number of hydrogen-bond acceptors (Lipinski definition) is 5. The van der Waals surface area contributed by atoms with Crippen LogP contribution in [0.1, 0.15) is 25.3 Å². The van der Waals surface area contributed by atoms with Crippen LogP contribution in [0.2, 0.25) is 0 Å². The van der Waals surface area contributed by atoms with Crippen molar-refractivity contribution < 1.29 is 19.7 Å². The highest BCUT2D eigenvalue weighted by molar-refractivity contribution is 5.76. The molecule has 2 rings (SSSR count). The van der Waals surface area contributed by atoms with Crippen molar-refractivity contribution in [1.29, 1.82) is 0 Å². The summed E-state index contributed by atoms with van der Waals surface area (Å²) in [7, 11) is 0. The summed E-state index contributed by atoms with van der Waals surface area (Å²) in [5.74, 6) is 2.52. The Morgan fingerprint density at radius 3 is 2.67 bits per heavy atom. The van der Waals surface area contributed by atoms with E-state index in [9.17, 15) is 15.0 Å². The minimum absolute atomic E-state index is 0.121. The van der Waals surface area contributed by atoms with Crippen molar-refractivity contribution in [3.05, 3.63) is 48.0 Å². The van der Waals surface area contributed by atoms with E-state index < -0.39 is 30.8 Å². The molecule has 146 valence electrons. The van der Waals surface area contributed by atoms with E-state index in [0.29, 0.717) is 12.3 Å². The van der Waals surface area contributed by atoms with Gasteiger partial charge in [0.25, 0.3) is 0 Å². The maximum Gasteiger partial charge on any atom is 0.325 e. The lowest BCUT2D eigenvalue weighted by Crippen LogP contribution is -2.54. The Labute approximate surface area is 161 Å². The van der Waals surface area contributed by atoms with Gasteiger partial charge in [-0.3, -0.25) is 9.69 Å². The van der Waals surface area contributed by atoms with Crippen LogP contribution >= 0.6 is 0 Å². The first-order valence-corrected chi connectivity index (χ1v) is 9.47. The van der Waals surface area contributed by atoms with Crippen LogP contribution in [0.5, 0.6) is 0 Å². The third kappa shape index (κ3) is 6.51. The van der Waals surface area contributed by atoms with Gasteiger partial charge in [0, 0.05) is 6.42 Å². The molecule has 1 aromatic rings. The van der Waals surface area contributed by atoms with Crippen molar-refractivity contribution >= 4 is 5.97 Å². The van der Waals surface area contributed by atoms with Crippen molar-refractivity contribution in [2.45, 2.75) is 44.4 Å². The highest BCUT2D eigenvalue weighted by Crippen LogP contribution is 2.31. The Bertz CT molecular complexity index is 648. The lowest BCUT2D eigenvalue weighted by molar-refractivity contribution is -0.152. The molecule has 0 amide bonds. The van der Waals surface area contributed by atoms with Crippen molar-refractivity contribution in [1.82, 2.24) is 4.90 Å². The second-order valence-corrected chi connectivity index (χ2v) is 6.80. The second-order valence-electron chi connectivity index (χ2n) is 6.80. The molecule has 1 aliphatic carbocycles. The predicted octanol–water partition coefficient (Wildman–Crippen LogP) is 1.78. The topological polar surface area (TPSA) is 70.0 Å². The van der Waals surface area contributed by atoms with Crippen LogP contribution in [0, 0.1) is 18.3 Å². The van der Waals surface area contributed by atoms with Crippen LogP contribution < -0.4 is 0 Å². The van der Waals surface area contributed by atoms with E-state index in [0.717, 1.165) is 18.4 Å². The zero-order valence-corrected chi connectivity index (χ0v) is 15.8. The number of benzene rings is 1. The van der Waals surface area contributed by atoms with Crippen molar-refractivity contribution in [2.75, 3.05) is 19.8 Å². The Kier molecular flexibility index (Phi) is 8.53. The van der Waals surface area contributed by atoms with Crippen molar-refractivity contribution in [2.24, 2.45) is 5.92 Å². The average molecular weight is 371 g/mol. The number of carbonyl (C=O) groups excluding carboxylic acids is 1. The van der Waals surface area contributed by atoms with Gasteiger partial charge in [-0.1, -0.05) is 48.4 Å². The summed E-state index contributed by atoms with van der Waals surface area (Å²) in [6, 6.07) is 8.25. The number of allylic oxidation sites excluding steroid dienone is 1. The van der Waals surface area contributed by atoms with E-state index >= 15 is 0 Å². The highest BCUT2D eigenvalue weighted by Gasteiger charge is 2.34. The molecule has 0 bridgehead atoms. The molecule has 1 aromatic carbocycles. The summed E-state index contributed by atoms with van der Waals surface area (Å²) in [4.78, 5) is 14.0. The molecule has 5 heteroatoms. The summed E-state index contributed by atoms with van der Waals surface area (Å²) in [6.07, 6.45) is 11.4. The Hall–Kier alpha value is -2.13. The molecule has 0 spiro atoms. The molecule has 0 heterocycles. The maximum atomic E-state index is 12.3. The number of aliphatic hydroxyl groups is 2. The van der Waals surface area contributed by atoms with Gasteiger partial charge in [0.15, 0.2) is 0 Å². The Balaban J connectivity index is 2.26. The molecule has 1 fully saturated rings. The molecule has 0 radical (unpaired) electrons. The first kappa shape index (κ1) is 21.2. The van der Waals surface area contributed by atoms with Gasteiger partial charge >= 0.3 is 5.97 Å². The van der Waals surface area contributed by atoms with Crippen LogP contribution in [0.25, 0.3) is 0 Å². The summed E-state index contributed by atoms with van der Waals surface area (Å²) < 4.78 is 5.09. The van der Waals surface area contributed by atoms with Gasteiger partial charge in [-0.2, -0.15) is 0 Å². The normalized spacial score (nSPS) is 17.4. The highest BCUT2D eigenvalue weighted by atomic mass is 16.5. The zero-order chi connectivity index (χ0) is 19.6. The number of esters is 1. The van der Waals surface area contributed by atoms with Crippen LogP contribution in [0.15, 0.2) is 42.5 Å². The van der Waals surface area contributed by atoms with Gasteiger partial charge in [-0.25, -0.2) is 0 Å². The quantitative estimate of drug-likeness (QED) is 0.353. The van der Waals surface area contributed by atoms with E-state index in [-0.39, 0.29) is 13.2 Å². The molecule has 3 atom stereocenters. The smallest absolute Gasteiger partial charge is 0.325 e. The van der Waals surface area contributed by atoms with Gasteiger partial charge in [-0.15, -0.1) is 6.42 Å². The summed E-state index contributed by atoms with van der Waals surface area (Å²) in [5, 5.41) is 20.8. The number of terminal acetylenes is 1. The Morgan fingerprint density at radius 2 is 2.11 bits per heavy atom. The van der Waals surface area contributed by atoms with E-state index in [1.54, 1.807) is 11.8 Å². The number of ether oxygens (including phenoxy) is 1. The van der Waals surface area contributed by atoms with Crippen LogP contribution in [0.3, 0.4) is 0 Å². The maximum absolute atomic E-state index is 12.3. The fourth-order valence-corrected chi connectivity index (χ4v) is 3.08. The fourth-order valence-electron chi connectivity index (χ4n) is 3.08. The number of hydrogen-bond donors (Lipinski definition) is 2. The number of rotatable bonds is 11. The van der Waals surface area contributed by atoms with Gasteiger partial charge in [0.05, 0.1) is 31.9 Å². The standard InChI is InChI=1S/C22H29NO4/c1-3-14-23(20(16-24)22(26)27-4-2)19(13-12-17-10-11-17)21(25)15-18-8-6-5-7-9-18/h1,5-9,12-13,17,19-21,24-25H,4,10-11,14-16H2,2H3/b13-12+/t19-,20+,21+/m1/s1. The van der Waals surface area contributed by atoms with Crippen molar-refractivity contribution in [3.8, 4) is 12.3 Å². The molecule has 0 unspecified atom stereocenters. The first-order valence-electron chi connectivity index (χ1n) is 9.47. The van der Waals surface area contributed by atoms with E-state index in [1.165, 1.54) is 0 Å². The monoisotopic (exact) mass is 371 g/mol. The molecule has 1 aliphatic rings. The second kappa shape index (κ2) is 10.9. The Morgan fingerprint density at radius 1 is 1.41 bits per heavy atom. The molecule has 2 N–H and O–H groups in total. The molecule has 27 heavy (non-hydrogen) atoms. The molecule has 1 saturated carbocycles. The van der Waals surface area contributed by atoms with Crippen LogP contribution in [-0.2, 0) is 16.0 Å². The predicted molar refractivity (Wildman–Crippen MR) is 105 cm³/mol. The first-order chi connectivity index (χ1) is 13.1. The summed E-state index contributed by atoms with van der Waals surface area (Å²) in [5.41, 5.74) is 0.993. The zero-order valence-electron chi connectivity index (χ0n) is 15.8. The largest absolute Gasteiger partial charge is 0.465 e. The molecule has 0 aromatic heterocycles. The lowest BCUT2D eigenvalue weighted by Gasteiger charge is -2.36. The summed E-state index contributed by atoms with van der Waals surface area (Å²) in [6.45, 7) is 1.63. The number of aliphatic hydroxyl groups excluding tert-OH is 2. The third-order valence-corrected chi connectivity index (χ3v) is 4.67. The van der Waals surface area contributed by atoms with E-state index in [1.807, 2.05) is 36.4 Å². The molecule has 0 aliphatic heterocycles. The third-order valence-electron chi connectivity index (χ3n) is 4.67. The number of carbonyl (C=O) groups is 1. The number of nitrogens with zero attached hydrogens (tertiary/aromatic N) is 1. The molecular weight excluding hydrogens is 342 g/mol. The minimum Gasteiger partial charge on any atom is -0.465 e. The lowest BCUT2D eigenvalue weighted by atomic mass is 9.98. The van der Waals surface area contributed by atoms with Gasteiger partial charge in [-0.05, 0) is 31.2 Å². The van der Waals surface area contributed by atoms with Crippen LogP contribution in [-0.4, -0.2) is 59.0 Å². The van der Waals surface area contributed by atoms with Crippen molar-refractivity contribution in [3.63, 3.8) is 0 Å². The summed E-state index contributed by atoms with van der Waals surface area (Å²) >= 11 is 0. The van der Waals surface area contributed by atoms with Gasteiger partial charge in [0.2, 0.25) is 0 Å². The SMILES string of the molecule is C#CCN([C@H](/C=C/C1CC1)[C@@H](O)Cc1ccccc1)[C@@H](CO)C(=O)OCC. The fraction of sp³-hybridized carbons (Fsp3) is 0.500. The molecule has 0 saturated heterocycles. The van der Waals surface area contributed by atoms with Gasteiger partial charge < -0.3 is 14.9 Å². The van der Waals surface area contributed by atoms with E-state index in [4.69, 9.17) is 11.2 Å².